The predicted octanol–water partition coefficient (Wildman–Crippen LogP) is 1.86. The molecule has 4 nitrogen and oxygen atoms in total. The van der Waals surface area contributed by atoms with Crippen LogP contribution in [0.1, 0.15) is 10.4 Å². The highest BCUT2D eigenvalue weighted by atomic mass is 32.2. The van der Waals surface area contributed by atoms with Crippen LogP contribution in [0.15, 0.2) is 53.4 Å². The van der Waals surface area contributed by atoms with Crippen molar-refractivity contribution in [2.24, 2.45) is 5.73 Å². The molecule has 0 atom stereocenters. The van der Waals surface area contributed by atoms with Gasteiger partial charge in [0, 0.05) is 11.8 Å². The normalized spacial score (nSPS) is 11.2. The smallest absolute Gasteiger partial charge is 0.249 e. The molecule has 0 unspecified atom stereocenters. The second kappa shape index (κ2) is 4.85. The molecule has 2 aromatic carbocycles. The summed E-state index contributed by atoms with van der Waals surface area (Å²) < 4.78 is 22.8. The first-order valence-electron chi connectivity index (χ1n) is 5.59. The summed E-state index contributed by atoms with van der Waals surface area (Å²) in [5.41, 5.74) is 7.17. The molecule has 0 fully saturated rings. The highest BCUT2D eigenvalue weighted by Crippen LogP contribution is 2.24. The Bertz CT molecular complexity index is 719. The summed E-state index contributed by atoms with van der Waals surface area (Å²) >= 11 is 0. The molecule has 0 aromatic heterocycles. The Morgan fingerprint density at radius 2 is 1.58 bits per heavy atom. The topological polar surface area (TPSA) is 77.2 Å². The molecule has 2 aromatic rings. The van der Waals surface area contributed by atoms with Crippen molar-refractivity contribution < 1.29 is 13.2 Å². The largest absolute Gasteiger partial charge is 0.366 e. The minimum absolute atomic E-state index is 0.243. The van der Waals surface area contributed by atoms with E-state index >= 15 is 0 Å². The molecule has 0 aliphatic carbocycles. The van der Waals surface area contributed by atoms with Gasteiger partial charge in [0.1, 0.15) is 0 Å². The Morgan fingerprint density at radius 1 is 1.00 bits per heavy atom. The van der Waals surface area contributed by atoms with Crippen LogP contribution in [0.4, 0.5) is 0 Å². The number of amides is 1. The SMILES string of the molecule is CS(=O)(=O)c1ccc(-c2ccccc2C(N)=O)cc1. The second-order valence-electron chi connectivity index (χ2n) is 4.21. The molecule has 1 amide bonds. The molecule has 0 aliphatic rings. The molecule has 0 saturated carbocycles. The van der Waals surface area contributed by atoms with Crippen LogP contribution in [0.2, 0.25) is 0 Å². The Labute approximate surface area is 111 Å². The average molecular weight is 275 g/mol. The maximum atomic E-state index is 11.4. The van der Waals surface area contributed by atoms with Gasteiger partial charge in [-0.05, 0) is 29.3 Å². The quantitative estimate of drug-likeness (QED) is 0.928. The lowest BCUT2D eigenvalue weighted by atomic mass is 9.99. The number of benzene rings is 2. The van der Waals surface area contributed by atoms with Crippen LogP contribution in [0.25, 0.3) is 11.1 Å². The predicted molar refractivity (Wildman–Crippen MR) is 73.5 cm³/mol. The molecular weight excluding hydrogens is 262 g/mol. The molecule has 0 heterocycles. The molecule has 0 spiro atoms. The Balaban J connectivity index is 2.52. The van der Waals surface area contributed by atoms with Crippen molar-refractivity contribution in [3.63, 3.8) is 0 Å². The van der Waals surface area contributed by atoms with Crippen molar-refractivity contribution in [2.75, 3.05) is 6.26 Å². The maximum absolute atomic E-state index is 11.4. The number of hydrogen-bond acceptors (Lipinski definition) is 3. The molecule has 2 N–H and O–H groups in total. The zero-order chi connectivity index (χ0) is 14.0. The third kappa shape index (κ3) is 2.82. The van der Waals surface area contributed by atoms with E-state index in [0.29, 0.717) is 11.1 Å². The summed E-state index contributed by atoms with van der Waals surface area (Å²) in [6, 6.07) is 13.3. The van der Waals surface area contributed by atoms with E-state index in [4.69, 9.17) is 5.73 Å². The van der Waals surface area contributed by atoms with E-state index in [9.17, 15) is 13.2 Å². The molecule has 19 heavy (non-hydrogen) atoms. The van der Waals surface area contributed by atoms with Crippen LogP contribution in [0, 0.1) is 0 Å². The van der Waals surface area contributed by atoms with Crippen LogP contribution in [-0.4, -0.2) is 20.6 Å². The van der Waals surface area contributed by atoms with Gasteiger partial charge in [-0.15, -0.1) is 0 Å². The van der Waals surface area contributed by atoms with Gasteiger partial charge < -0.3 is 5.73 Å². The van der Waals surface area contributed by atoms with Gasteiger partial charge in [0.15, 0.2) is 9.84 Å². The summed E-state index contributed by atoms with van der Waals surface area (Å²) in [5.74, 6) is -0.511. The van der Waals surface area contributed by atoms with E-state index in [-0.39, 0.29) is 4.90 Å². The van der Waals surface area contributed by atoms with E-state index in [1.54, 1.807) is 36.4 Å². The zero-order valence-corrected chi connectivity index (χ0v) is 11.1. The number of carbonyl (C=O) groups is 1. The maximum Gasteiger partial charge on any atom is 0.249 e. The highest BCUT2D eigenvalue weighted by Gasteiger charge is 2.11. The van der Waals surface area contributed by atoms with Gasteiger partial charge in [0.05, 0.1) is 4.90 Å². The molecule has 2 rings (SSSR count). The summed E-state index contributed by atoms with van der Waals surface area (Å²) in [5, 5.41) is 0. The van der Waals surface area contributed by atoms with Crippen molar-refractivity contribution >= 4 is 15.7 Å². The Kier molecular flexibility index (Phi) is 3.40. The summed E-state index contributed by atoms with van der Waals surface area (Å²) in [6.45, 7) is 0. The lowest BCUT2D eigenvalue weighted by Gasteiger charge is -2.07. The van der Waals surface area contributed by atoms with Gasteiger partial charge in [-0.3, -0.25) is 4.79 Å². The van der Waals surface area contributed by atoms with Gasteiger partial charge in [-0.1, -0.05) is 30.3 Å². The van der Waals surface area contributed by atoms with E-state index in [2.05, 4.69) is 0 Å². The standard InChI is InChI=1S/C14H13NO3S/c1-19(17,18)11-8-6-10(7-9-11)12-4-2-3-5-13(12)14(15)16/h2-9H,1H3,(H2,15,16). The van der Waals surface area contributed by atoms with Crippen molar-refractivity contribution in [1.82, 2.24) is 0 Å². The second-order valence-corrected chi connectivity index (χ2v) is 6.22. The minimum Gasteiger partial charge on any atom is -0.366 e. The molecule has 0 radical (unpaired) electrons. The van der Waals surface area contributed by atoms with Crippen LogP contribution < -0.4 is 5.73 Å². The van der Waals surface area contributed by atoms with Crippen molar-refractivity contribution in [2.45, 2.75) is 4.90 Å². The molecule has 0 aliphatic heterocycles. The summed E-state index contributed by atoms with van der Waals surface area (Å²) in [4.78, 5) is 11.6. The summed E-state index contributed by atoms with van der Waals surface area (Å²) in [6.07, 6.45) is 1.15. The fourth-order valence-electron chi connectivity index (χ4n) is 1.83. The number of hydrogen-bond donors (Lipinski definition) is 1. The molecular formula is C14H13NO3S. The van der Waals surface area contributed by atoms with Gasteiger partial charge in [0.2, 0.25) is 5.91 Å². The molecule has 98 valence electrons. The lowest BCUT2D eigenvalue weighted by molar-refractivity contribution is 0.100. The van der Waals surface area contributed by atoms with Crippen LogP contribution in [0.5, 0.6) is 0 Å². The first-order valence-corrected chi connectivity index (χ1v) is 7.48. The fourth-order valence-corrected chi connectivity index (χ4v) is 2.46. The molecule has 0 saturated heterocycles. The molecule has 5 heteroatoms. The number of primary amides is 1. The van der Waals surface area contributed by atoms with Gasteiger partial charge in [-0.25, -0.2) is 8.42 Å². The number of sulfone groups is 1. The van der Waals surface area contributed by atoms with Crippen molar-refractivity contribution in [3.05, 3.63) is 54.1 Å². The van der Waals surface area contributed by atoms with E-state index in [0.717, 1.165) is 11.8 Å². The first kappa shape index (κ1) is 13.3. The number of rotatable bonds is 3. The Hall–Kier alpha value is -2.14. The van der Waals surface area contributed by atoms with Crippen molar-refractivity contribution in [1.29, 1.82) is 0 Å². The minimum atomic E-state index is -3.22. The first-order chi connectivity index (χ1) is 8.89. The Morgan fingerprint density at radius 3 is 2.11 bits per heavy atom. The van der Waals surface area contributed by atoms with Gasteiger partial charge >= 0.3 is 0 Å². The fraction of sp³-hybridized carbons (Fsp3) is 0.0714. The third-order valence-corrected chi connectivity index (χ3v) is 3.91. The molecule has 0 bridgehead atoms. The van der Waals surface area contributed by atoms with E-state index < -0.39 is 15.7 Å². The van der Waals surface area contributed by atoms with E-state index in [1.165, 1.54) is 12.1 Å². The monoisotopic (exact) mass is 275 g/mol. The van der Waals surface area contributed by atoms with Crippen molar-refractivity contribution in [3.8, 4) is 11.1 Å². The summed E-state index contributed by atoms with van der Waals surface area (Å²) in [7, 11) is -3.22. The zero-order valence-electron chi connectivity index (χ0n) is 10.3. The van der Waals surface area contributed by atoms with Gasteiger partial charge in [0.25, 0.3) is 0 Å². The third-order valence-electron chi connectivity index (χ3n) is 2.79. The van der Waals surface area contributed by atoms with Crippen LogP contribution in [0.3, 0.4) is 0 Å². The number of carbonyl (C=O) groups excluding carboxylic acids is 1. The van der Waals surface area contributed by atoms with E-state index in [1.807, 2.05) is 0 Å². The van der Waals surface area contributed by atoms with Crippen LogP contribution in [-0.2, 0) is 9.84 Å². The average Bonchev–Trinajstić information content (AvgIpc) is 2.38. The van der Waals surface area contributed by atoms with Crippen LogP contribution >= 0.6 is 0 Å². The van der Waals surface area contributed by atoms with Gasteiger partial charge in [-0.2, -0.15) is 0 Å². The lowest BCUT2D eigenvalue weighted by Crippen LogP contribution is -2.12. The number of nitrogens with two attached hydrogens (primary N) is 1. The highest BCUT2D eigenvalue weighted by molar-refractivity contribution is 7.90.